The van der Waals surface area contributed by atoms with Crippen LogP contribution in [0.3, 0.4) is 0 Å². The van der Waals surface area contributed by atoms with Gasteiger partial charge in [-0.3, -0.25) is 4.79 Å². The normalized spacial score (nSPS) is 10.1. The van der Waals surface area contributed by atoms with Gasteiger partial charge in [0.15, 0.2) is 6.61 Å². The summed E-state index contributed by atoms with van der Waals surface area (Å²) in [6.07, 6.45) is 3.35. The molecule has 0 saturated carbocycles. The van der Waals surface area contributed by atoms with Crippen LogP contribution in [-0.4, -0.2) is 22.5 Å². The molecule has 0 aliphatic heterocycles. The van der Waals surface area contributed by atoms with E-state index in [9.17, 15) is 4.79 Å². The van der Waals surface area contributed by atoms with Crippen molar-refractivity contribution in [1.82, 2.24) is 15.3 Å². The lowest BCUT2D eigenvalue weighted by Crippen LogP contribution is -2.28. The Kier molecular flexibility index (Phi) is 4.35. The maximum Gasteiger partial charge on any atom is 0.258 e. The fraction of sp³-hybridized carbons (Fsp3) is 0.167. The zero-order valence-corrected chi connectivity index (χ0v) is 11.1. The number of benzene rings is 1. The van der Waals surface area contributed by atoms with Gasteiger partial charge in [-0.2, -0.15) is 0 Å². The predicted octanol–water partition coefficient (Wildman–Crippen LogP) is 1.87. The summed E-state index contributed by atoms with van der Waals surface area (Å²) >= 11 is 3.33. The van der Waals surface area contributed by atoms with E-state index in [4.69, 9.17) is 4.74 Å². The number of amides is 1. The minimum absolute atomic E-state index is 0.0167. The van der Waals surface area contributed by atoms with Gasteiger partial charge in [0, 0.05) is 16.9 Å². The third-order valence-electron chi connectivity index (χ3n) is 2.17. The van der Waals surface area contributed by atoms with Crippen molar-refractivity contribution in [1.29, 1.82) is 0 Å². The first-order valence-corrected chi connectivity index (χ1v) is 6.16. The molecule has 1 amide bonds. The van der Waals surface area contributed by atoms with E-state index in [-0.39, 0.29) is 12.5 Å². The topological polar surface area (TPSA) is 67.0 Å². The lowest BCUT2D eigenvalue weighted by Gasteiger charge is -2.06. The van der Waals surface area contributed by atoms with E-state index in [0.29, 0.717) is 18.1 Å². The fourth-order valence-electron chi connectivity index (χ4n) is 1.33. The summed E-state index contributed by atoms with van der Waals surface area (Å²) in [6.45, 7) is 0.352. The number of halogens is 1. The highest BCUT2D eigenvalue weighted by Gasteiger charge is 2.03. The standard InChI is InChI=1S/C12H12BrN3O2/c13-9-2-1-3-10(6-9)18-8-12(17)16-7-11-14-4-5-15-11/h1-6H,7-8H2,(H,14,15)(H,16,17). The van der Waals surface area contributed by atoms with Crippen LogP contribution in [0, 0.1) is 0 Å². The molecule has 1 heterocycles. The van der Waals surface area contributed by atoms with Crippen LogP contribution in [0.25, 0.3) is 0 Å². The molecule has 1 aromatic heterocycles. The smallest absolute Gasteiger partial charge is 0.258 e. The highest BCUT2D eigenvalue weighted by molar-refractivity contribution is 9.10. The predicted molar refractivity (Wildman–Crippen MR) is 70.1 cm³/mol. The summed E-state index contributed by atoms with van der Waals surface area (Å²) in [7, 11) is 0. The van der Waals surface area contributed by atoms with Crippen molar-refractivity contribution in [3.05, 3.63) is 47.0 Å². The zero-order valence-electron chi connectivity index (χ0n) is 9.52. The van der Waals surface area contributed by atoms with Gasteiger partial charge in [0.25, 0.3) is 5.91 Å². The Morgan fingerprint density at radius 1 is 1.50 bits per heavy atom. The van der Waals surface area contributed by atoms with Gasteiger partial charge >= 0.3 is 0 Å². The maximum absolute atomic E-state index is 11.5. The average molecular weight is 310 g/mol. The number of imidazole rings is 1. The first-order valence-electron chi connectivity index (χ1n) is 5.37. The van der Waals surface area contributed by atoms with Crippen molar-refractivity contribution in [2.45, 2.75) is 6.54 Å². The van der Waals surface area contributed by atoms with Crippen LogP contribution in [0.2, 0.25) is 0 Å². The molecule has 0 fully saturated rings. The number of nitrogens with one attached hydrogen (secondary N) is 2. The number of nitrogens with zero attached hydrogens (tertiary/aromatic N) is 1. The van der Waals surface area contributed by atoms with Crippen molar-refractivity contribution in [3.63, 3.8) is 0 Å². The first kappa shape index (κ1) is 12.6. The Bertz CT molecular complexity index is 514. The van der Waals surface area contributed by atoms with Crippen LogP contribution in [0.4, 0.5) is 0 Å². The van der Waals surface area contributed by atoms with E-state index < -0.39 is 0 Å². The summed E-state index contributed by atoms with van der Waals surface area (Å²) < 4.78 is 6.26. The second kappa shape index (κ2) is 6.20. The lowest BCUT2D eigenvalue weighted by molar-refractivity contribution is -0.123. The van der Waals surface area contributed by atoms with E-state index in [1.807, 2.05) is 12.1 Å². The fourth-order valence-corrected chi connectivity index (χ4v) is 1.71. The number of rotatable bonds is 5. The number of aromatic amines is 1. The molecule has 0 bridgehead atoms. The van der Waals surface area contributed by atoms with Crippen LogP contribution in [-0.2, 0) is 11.3 Å². The van der Waals surface area contributed by atoms with Gasteiger partial charge in [0.05, 0.1) is 6.54 Å². The monoisotopic (exact) mass is 309 g/mol. The van der Waals surface area contributed by atoms with E-state index >= 15 is 0 Å². The maximum atomic E-state index is 11.5. The summed E-state index contributed by atoms with van der Waals surface area (Å²) in [5.41, 5.74) is 0. The van der Waals surface area contributed by atoms with Gasteiger partial charge in [-0.1, -0.05) is 22.0 Å². The molecule has 0 atom stereocenters. The number of aromatic nitrogens is 2. The largest absolute Gasteiger partial charge is 0.484 e. The van der Waals surface area contributed by atoms with Crippen LogP contribution in [0.1, 0.15) is 5.82 Å². The van der Waals surface area contributed by atoms with E-state index in [1.54, 1.807) is 24.5 Å². The number of hydrogen-bond donors (Lipinski definition) is 2. The molecule has 0 spiro atoms. The molecule has 0 aliphatic rings. The number of hydrogen-bond acceptors (Lipinski definition) is 3. The Balaban J connectivity index is 1.75. The van der Waals surface area contributed by atoms with Crippen LogP contribution in [0.15, 0.2) is 41.1 Å². The Morgan fingerprint density at radius 3 is 3.11 bits per heavy atom. The third-order valence-corrected chi connectivity index (χ3v) is 2.67. The minimum atomic E-state index is -0.189. The molecule has 18 heavy (non-hydrogen) atoms. The van der Waals surface area contributed by atoms with Crippen molar-refractivity contribution in [2.24, 2.45) is 0 Å². The van der Waals surface area contributed by atoms with E-state index in [1.165, 1.54) is 0 Å². The number of ether oxygens (including phenoxy) is 1. The Hall–Kier alpha value is -1.82. The second-order valence-electron chi connectivity index (χ2n) is 3.56. The molecule has 5 nitrogen and oxygen atoms in total. The highest BCUT2D eigenvalue weighted by Crippen LogP contribution is 2.17. The molecule has 2 rings (SSSR count). The summed E-state index contributed by atoms with van der Waals surface area (Å²) in [5.74, 6) is 1.18. The van der Waals surface area contributed by atoms with Gasteiger partial charge in [0.2, 0.25) is 0 Å². The SMILES string of the molecule is O=C(COc1cccc(Br)c1)NCc1ncc[nH]1. The number of H-pyrrole nitrogens is 1. The average Bonchev–Trinajstić information content (AvgIpc) is 2.87. The summed E-state index contributed by atoms with van der Waals surface area (Å²) in [5, 5.41) is 2.70. The molecular formula is C12H12BrN3O2. The van der Waals surface area contributed by atoms with Crippen LogP contribution >= 0.6 is 15.9 Å². The Morgan fingerprint density at radius 2 is 2.39 bits per heavy atom. The van der Waals surface area contributed by atoms with Gasteiger partial charge in [0.1, 0.15) is 11.6 Å². The summed E-state index contributed by atoms with van der Waals surface area (Å²) in [4.78, 5) is 18.4. The van der Waals surface area contributed by atoms with Crippen molar-refractivity contribution < 1.29 is 9.53 Å². The Labute approximate surface area is 113 Å². The van der Waals surface area contributed by atoms with E-state index in [2.05, 4.69) is 31.2 Å². The van der Waals surface area contributed by atoms with Crippen molar-refractivity contribution in [3.8, 4) is 5.75 Å². The first-order chi connectivity index (χ1) is 8.74. The van der Waals surface area contributed by atoms with Crippen molar-refractivity contribution in [2.75, 3.05) is 6.61 Å². The molecule has 2 aromatic rings. The molecule has 0 saturated heterocycles. The second-order valence-corrected chi connectivity index (χ2v) is 4.47. The molecule has 1 aromatic carbocycles. The van der Waals surface area contributed by atoms with Gasteiger partial charge < -0.3 is 15.0 Å². The molecule has 0 unspecified atom stereocenters. The highest BCUT2D eigenvalue weighted by atomic mass is 79.9. The minimum Gasteiger partial charge on any atom is -0.484 e. The molecule has 6 heteroatoms. The van der Waals surface area contributed by atoms with Gasteiger partial charge in [-0.05, 0) is 18.2 Å². The van der Waals surface area contributed by atoms with E-state index in [0.717, 1.165) is 4.47 Å². The summed E-state index contributed by atoms with van der Waals surface area (Å²) in [6, 6.07) is 7.34. The van der Waals surface area contributed by atoms with Crippen LogP contribution < -0.4 is 10.1 Å². The number of carbonyl (C=O) groups excluding carboxylic acids is 1. The number of carbonyl (C=O) groups is 1. The quantitative estimate of drug-likeness (QED) is 0.886. The zero-order chi connectivity index (χ0) is 12.8. The molecule has 0 aliphatic carbocycles. The molecule has 0 radical (unpaired) electrons. The van der Waals surface area contributed by atoms with Gasteiger partial charge in [-0.15, -0.1) is 0 Å². The molecular weight excluding hydrogens is 298 g/mol. The molecule has 2 N–H and O–H groups in total. The van der Waals surface area contributed by atoms with Crippen molar-refractivity contribution >= 4 is 21.8 Å². The van der Waals surface area contributed by atoms with Crippen LogP contribution in [0.5, 0.6) is 5.75 Å². The van der Waals surface area contributed by atoms with Gasteiger partial charge in [-0.25, -0.2) is 4.98 Å². The lowest BCUT2D eigenvalue weighted by atomic mass is 10.3. The third kappa shape index (κ3) is 3.89. The molecule has 94 valence electrons.